The molecule has 0 radical (unpaired) electrons. The van der Waals surface area contributed by atoms with Crippen LogP contribution in [0.3, 0.4) is 0 Å². The molecule has 0 saturated heterocycles. The lowest BCUT2D eigenvalue weighted by molar-refractivity contribution is -0.130. The Bertz CT molecular complexity index is 399. The lowest BCUT2D eigenvalue weighted by Gasteiger charge is -2.26. The van der Waals surface area contributed by atoms with Gasteiger partial charge in [-0.25, -0.2) is 4.98 Å². The SMILES string of the molecule is CCc1cnc(C(C)NC(=O)C(C)(CC)CN)s1. The van der Waals surface area contributed by atoms with Gasteiger partial charge in [-0.15, -0.1) is 11.3 Å². The molecule has 18 heavy (non-hydrogen) atoms. The van der Waals surface area contributed by atoms with E-state index in [0.29, 0.717) is 6.54 Å². The normalized spacial score (nSPS) is 16.1. The first kappa shape index (κ1) is 15.1. The van der Waals surface area contributed by atoms with Crippen LogP contribution in [0.15, 0.2) is 6.20 Å². The van der Waals surface area contributed by atoms with Gasteiger partial charge in [-0.3, -0.25) is 4.79 Å². The molecule has 1 amide bonds. The third kappa shape index (κ3) is 3.29. The summed E-state index contributed by atoms with van der Waals surface area (Å²) in [6, 6.07) is -0.0553. The van der Waals surface area contributed by atoms with E-state index < -0.39 is 5.41 Å². The predicted molar refractivity (Wildman–Crippen MR) is 75.5 cm³/mol. The maximum atomic E-state index is 12.2. The van der Waals surface area contributed by atoms with Crippen molar-refractivity contribution < 1.29 is 4.79 Å². The highest BCUT2D eigenvalue weighted by Crippen LogP contribution is 2.24. The van der Waals surface area contributed by atoms with Gasteiger partial charge < -0.3 is 11.1 Å². The smallest absolute Gasteiger partial charge is 0.227 e. The first-order valence-electron chi connectivity index (χ1n) is 6.42. The van der Waals surface area contributed by atoms with Gasteiger partial charge in [-0.1, -0.05) is 13.8 Å². The number of aryl methyl sites for hydroxylation is 1. The van der Waals surface area contributed by atoms with Crippen LogP contribution in [0, 0.1) is 5.41 Å². The Labute approximate surface area is 113 Å². The van der Waals surface area contributed by atoms with Gasteiger partial charge in [-0.05, 0) is 26.7 Å². The molecular formula is C13H23N3OS. The molecule has 0 aliphatic carbocycles. The van der Waals surface area contributed by atoms with Gasteiger partial charge in [0.15, 0.2) is 0 Å². The van der Waals surface area contributed by atoms with Crippen molar-refractivity contribution in [3.63, 3.8) is 0 Å². The van der Waals surface area contributed by atoms with Gasteiger partial charge in [0.1, 0.15) is 5.01 Å². The van der Waals surface area contributed by atoms with E-state index in [9.17, 15) is 4.79 Å². The summed E-state index contributed by atoms with van der Waals surface area (Å²) in [7, 11) is 0. The van der Waals surface area contributed by atoms with E-state index in [-0.39, 0.29) is 11.9 Å². The summed E-state index contributed by atoms with van der Waals surface area (Å²) in [6.45, 7) is 8.30. The molecule has 0 spiro atoms. The van der Waals surface area contributed by atoms with E-state index in [2.05, 4.69) is 17.2 Å². The van der Waals surface area contributed by atoms with Crippen LogP contribution >= 0.6 is 11.3 Å². The number of hydrogen-bond donors (Lipinski definition) is 2. The molecule has 5 heteroatoms. The van der Waals surface area contributed by atoms with Crippen molar-refractivity contribution in [2.75, 3.05) is 6.54 Å². The Morgan fingerprint density at radius 1 is 1.61 bits per heavy atom. The highest BCUT2D eigenvalue weighted by atomic mass is 32.1. The molecule has 0 saturated carbocycles. The maximum absolute atomic E-state index is 12.2. The van der Waals surface area contributed by atoms with Gasteiger partial charge in [0.25, 0.3) is 0 Å². The monoisotopic (exact) mass is 269 g/mol. The van der Waals surface area contributed by atoms with E-state index in [4.69, 9.17) is 5.73 Å². The Kier molecular flexibility index (Phi) is 5.28. The number of rotatable bonds is 6. The zero-order chi connectivity index (χ0) is 13.8. The van der Waals surface area contributed by atoms with Crippen LogP contribution in [0.2, 0.25) is 0 Å². The fourth-order valence-corrected chi connectivity index (χ4v) is 2.38. The summed E-state index contributed by atoms with van der Waals surface area (Å²) < 4.78 is 0. The third-order valence-electron chi connectivity index (χ3n) is 3.42. The Morgan fingerprint density at radius 2 is 2.28 bits per heavy atom. The first-order valence-corrected chi connectivity index (χ1v) is 7.24. The molecule has 0 fully saturated rings. The molecule has 3 N–H and O–H groups in total. The van der Waals surface area contributed by atoms with Crippen LogP contribution in [0.1, 0.15) is 50.0 Å². The second kappa shape index (κ2) is 6.29. The van der Waals surface area contributed by atoms with Crippen molar-refractivity contribution in [1.29, 1.82) is 0 Å². The van der Waals surface area contributed by atoms with E-state index in [0.717, 1.165) is 17.8 Å². The zero-order valence-corrected chi connectivity index (χ0v) is 12.4. The van der Waals surface area contributed by atoms with E-state index >= 15 is 0 Å². The average molecular weight is 269 g/mol. The Hall–Kier alpha value is -0.940. The van der Waals surface area contributed by atoms with Gasteiger partial charge >= 0.3 is 0 Å². The van der Waals surface area contributed by atoms with Gasteiger partial charge in [0.2, 0.25) is 5.91 Å². The molecule has 2 unspecified atom stereocenters. The molecule has 1 rings (SSSR count). The van der Waals surface area contributed by atoms with Crippen molar-refractivity contribution >= 4 is 17.2 Å². The van der Waals surface area contributed by atoms with Crippen molar-refractivity contribution in [3.05, 3.63) is 16.1 Å². The second-order valence-corrected chi connectivity index (χ2v) is 5.98. The molecule has 1 aromatic rings. The van der Waals surface area contributed by atoms with Crippen molar-refractivity contribution in [2.45, 2.75) is 46.6 Å². The minimum Gasteiger partial charge on any atom is -0.347 e. The lowest BCUT2D eigenvalue weighted by atomic mass is 9.86. The van der Waals surface area contributed by atoms with Crippen molar-refractivity contribution in [2.24, 2.45) is 11.1 Å². The number of amides is 1. The third-order valence-corrected chi connectivity index (χ3v) is 4.74. The summed E-state index contributed by atoms with van der Waals surface area (Å²) in [4.78, 5) is 17.8. The summed E-state index contributed by atoms with van der Waals surface area (Å²) >= 11 is 1.65. The zero-order valence-electron chi connectivity index (χ0n) is 11.6. The van der Waals surface area contributed by atoms with Crippen LogP contribution in [0.5, 0.6) is 0 Å². The number of hydrogen-bond acceptors (Lipinski definition) is 4. The standard InChI is InChI=1S/C13H23N3OS/c1-5-10-7-15-11(18-10)9(3)16-12(17)13(4,6-2)8-14/h7,9H,5-6,8,14H2,1-4H3,(H,16,17). The minimum atomic E-state index is -0.487. The van der Waals surface area contributed by atoms with Gasteiger partial charge in [-0.2, -0.15) is 0 Å². The summed E-state index contributed by atoms with van der Waals surface area (Å²) in [5, 5.41) is 3.96. The molecule has 0 bridgehead atoms. The van der Waals surface area contributed by atoms with Crippen molar-refractivity contribution in [1.82, 2.24) is 10.3 Å². The van der Waals surface area contributed by atoms with Crippen LogP contribution < -0.4 is 11.1 Å². The highest BCUT2D eigenvalue weighted by molar-refractivity contribution is 7.11. The number of carbonyl (C=O) groups is 1. The first-order chi connectivity index (χ1) is 8.46. The lowest BCUT2D eigenvalue weighted by Crippen LogP contribution is -2.44. The molecular weight excluding hydrogens is 246 g/mol. The molecule has 0 aromatic carbocycles. The molecule has 1 aromatic heterocycles. The fraction of sp³-hybridized carbons (Fsp3) is 0.692. The van der Waals surface area contributed by atoms with E-state index in [1.165, 1.54) is 4.88 Å². The summed E-state index contributed by atoms with van der Waals surface area (Å²) in [5.41, 5.74) is 5.20. The molecule has 0 aliphatic rings. The number of nitrogens with zero attached hydrogens (tertiary/aromatic N) is 1. The molecule has 2 atom stereocenters. The predicted octanol–water partition coefficient (Wildman–Crippen LogP) is 2.26. The van der Waals surface area contributed by atoms with Crippen molar-refractivity contribution in [3.8, 4) is 0 Å². The van der Waals surface area contributed by atoms with Crippen LogP contribution in [0.25, 0.3) is 0 Å². The number of thiazole rings is 1. The fourth-order valence-electron chi connectivity index (χ4n) is 1.52. The van der Waals surface area contributed by atoms with E-state index in [1.807, 2.05) is 27.0 Å². The highest BCUT2D eigenvalue weighted by Gasteiger charge is 2.30. The van der Waals surface area contributed by atoms with E-state index in [1.54, 1.807) is 11.3 Å². The second-order valence-electron chi connectivity index (χ2n) is 4.83. The Balaban J connectivity index is 2.69. The molecule has 1 heterocycles. The summed E-state index contributed by atoms with van der Waals surface area (Å²) in [5.74, 6) is 0.00764. The number of nitrogens with one attached hydrogen (secondary N) is 1. The summed E-state index contributed by atoms with van der Waals surface area (Å²) in [6.07, 6.45) is 3.60. The minimum absolute atomic E-state index is 0.00764. The maximum Gasteiger partial charge on any atom is 0.227 e. The topological polar surface area (TPSA) is 68.0 Å². The average Bonchev–Trinajstić information content (AvgIpc) is 2.86. The molecule has 4 nitrogen and oxygen atoms in total. The number of nitrogens with two attached hydrogens (primary N) is 1. The molecule has 102 valence electrons. The van der Waals surface area contributed by atoms with Crippen LogP contribution in [-0.2, 0) is 11.2 Å². The van der Waals surface area contributed by atoms with Crippen LogP contribution in [-0.4, -0.2) is 17.4 Å². The van der Waals surface area contributed by atoms with Crippen LogP contribution in [0.4, 0.5) is 0 Å². The number of aromatic nitrogens is 1. The quantitative estimate of drug-likeness (QED) is 0.832. The largest absolute Gasteiger partial charge is 0.347 e. The van der Waals surface area contributed by atoms with Gasteiger partial charge in [0, 0.05) is 17.6 Å². The molecule has 0 aliphatic heterocycles. The Morgan fingerprint density at radius 3 is 2.72 bits per heavy atom. The number of carbonyl (C=O) groups excluding carboxylic acids is 1. The van der Waals surface area contributed by atoms with Gasteiger partial charge in [0.05, 0.1) is 11.5 Å².